The molecule has 0 aromatic carbocycles. The van der Waals surface area contributed by atoms with E-state index in [1.54, 1.807) is 0 Å². The minimum absolute atomic E-state index is 0.726. The van der Waals surface area contributed by atoms with E-state index in [0.717, 1.165) is 11.3 Å². The molecule has 0 saturated carbocycles. The second-order valence-electron chi connectivity index (χ2n) is 6.68. The van der Waals surface area contributed by atoms with E-state index in [4.69, 9.17) is 0 Å². The van der Waals surface area contributed by atoms with Crippen LogP contribution < -0.4 is 0 Å². The molecule has 2 heterocycles. The normalized spacial score (nSPS) is 23.1. The van der Waals surface area contributed by atoms with Crippen molar-refractivity contribution in [3.05, 3.63) is 0 Å². The van der Waals surface area contributed by atoms with Gasteiger partial charge in [0.05, 0.1) is 0 Å². The molecule has 1 spiro atoms. The molecule has 2 aliphatic rings. The highest BCUT2D eigenvalue weighted by Crippen LogP contribution is 2.40. The Hall–Kier alpha value is -0.0800. The fourth-order valence-electron chi connectivity index (χ4n) is 3.44. The van der Waals surface area contributed by atoms with Crippen LogP contribution in [0.1, 0.15) is 60.3 Å². The van der Waals surface area contributed by atoms with E-state index in [-0.39, 0.29) is 0 Å². The summed E-state index contributed by atoms with van der Waals surface area (Å²) in [7, 11) is 0. The molecule has 2 fully saturated rings. The maximum absolute atomic E-state index is 2.68. The van der Waals surface area contributed by atoms with E-state index < -0.39 is 0 Å². The van der Waals surface area contributed by atoms with Crippen LogP contribution in [0.5, 0.6) is 0 Å². The van der Waals surface area contributed by atoms with Gasteiger partial charge in [0.1, 0.15) is 0 Å². The van der Waals surface area contributed by atoms with Crippen molar-refractivity contribution >= 4 is 0 Å². The molecule has 0 N–H and O–H groups in total. The molecule has 2 heteroatoms. The average molecular weight is 268 g/mol. The zero-order valence-electron chi connectivity index (χ0n) is 14.0. The predicted octanol–water partition coefficient (Wildman–Crippen LogP) is 3.87. The molecule has 0 amide bonds. The van der Waals surface area contributed by atoms with Crippen molar-refractivity contribution < 1.29 is 0 Å². The maximum Gasteiger partial charge on any atom is 0.00514 e. The third kappa shape index (κ3) is 5.07. The summed E-state index contributed by atoms with van der Waals surface area (Å²) in [5.41, 5.74) is 0.726. The Morgan fingerprint density at radius 1 is 1.00 bits per heavy atom. The van der Waals surface area contributed by atoms with Gasteiger partial charge in [0.15, 0.2) is 0 Å². The zero-order chi connectivity index (χ0) is 14.3. The van der Waals surface area contributed by atoms with Gasteiger partial charge in [0, 0.05) is 13.1 Å². The molecule has 2 saturated heterocycles. The van der Waals surface area contributed by atoms with E-state index in [1.165, 1.54) is 65.0 Å². The fraction of sp³-hybridized carbons (Fsp3) is 1.00. The molecule has 19 heavy (non-hydrogen) atoms. The van der Waals surface area contributed by atoms with Crippen molar-refractivity contribution in [2.75, 3.05) is 39.3 Å². The molecule has 2 rings (SSSR count). The van der Waals surface area contributed by atoms with Gasteiger partial charge in [-0.25, -0.2) is 0 Å². The van der Waals surface area contributed by atoms with Gasteiger partial charge in [0.2, 0.25) is 0 Å². The quantitative estimate of drug-likeness (QED) is 0.747. The van der Waals surface area contributed by atoms with Crippen LogP contribution in [0.15, 0.2) is 0 Å². The van der Waals surface area contributed by atoms with Crippen molar-refractivity contribution in [3.63, 3.8) is 0 Å². The summed E-state index contributed by atoms with van der Waals surface area (Å²) < 4.78 is 0. The fourth-order valence-corrected chi connectivity index (χ4v) is 3.44. The van der Waals surface area contributed by atoms with Crippen molar-refractivity contribution in [2.45, 2.75) is 60.3 Å². The number of likely N-dealkylation sites (tertiary alicyclic amines) is 2. The van der Waals surface area contributed by atoms with Crippen LogP contribution in [0, 0.1) is 11.3 Å². The van der Waals surface area contributed by atoms with Crippen molar-refractivity contribution in [1.29, 1.82) is 0 Å². The first-order valence-electron chi connectivity index (χ1n) is 8.58. The molecule has 2 aliphatic heterocycles. The lowest BCUT2D eigenvalue weighted by Crippen LogP contribution is -2.60. The molecule has 0 bridgehead atoms. The van der Waals surface area contributed by atoms with Crippen molar-refractivity contribution in [1.82, 2.24) is 9.80 Å². The smallest absolute Gasteiger partial charge is 0.00514 e. The first-order valence-corrected chi connectivity index (χ1v) is 8.58. The van der Waals surface area contributed by atoms with Gasteiger partial charge in [-0.15, -0.1) is 0 Å². The van der Waals surface area contributed by atoms with E-state index >= 15 is 0 Å². The van der Waals surface area contributed by atoms with Gasteiger partial charge in [-0.05, 0) is 63.2 Å². The molecule has 0 aliphatic carbocycles. The highest BCUT2D eigenvalue weighted by molar-refractivity contribution is 4.97. The summed E-state index contributed by atoms with van der Waals surface area (Å²) in [6.45, 7) is 19.0. The summed E-state index contributed by atoms with van der Waals surface area (Å²) in [6.07, 6.45) is 5.69. The molecule has 0 radical (unpaired) electrons. The zero-order valence-corrected chi connectivity index (χ0v) is 14.0. The average Bonchev–Trinajstić information content (AvgIpc) is 2.39. The number of rotatable bonds is 5. The molecule has 0 aromatic heterocycles. The van der Waals surface area contributed by atoms with E-state index in [9.17, 15) is 0 Å². The molecule has 2 nitrogen and oxygen atoms in total. The van der Waals surface area contributed by atoms with E-state index in [2.05, 4.69) is 30.6 Å². The van der Waals surface area contributed by atoms with Gasteiger partial charge < -0.3 is 9.80 Å². The summed E-state index contributed by atoms with van der Waals surface area (Å²) in [5.74, 6) is 0.873. The number of hydrogen-bond acceptors (Lipinski definition) is 2. The van der Waals surface area contributed by atoms with Crippen LogP contribution >= 0.6 is 0 Å². The summed E-state index contributed by atoms with van der Waals surface area (Å²) >= 11 is 0. The lowest BCUT2D eigenvalue weighted by atomic mass is 9.72. The van der Waals surface area contributed by atoms with Crippen LogP contribution in [0.2, 0.25) is 0 Å². The monoisotopic (exact) mass is 268 g/mol. The Labute approximate surface area is 121 Å². The maximum atomic E-state index is 2.68. The SMILES string of the molecule is CC.CCN1CCC2(CC1)CN(CCCC(C)C)C2. The largest absolute Gasteiger partial charge is 0.304 e. The molecular weight excluding hydrogens is 232 g/mol. The van der Waals surface area contributed by atoms with Gasteiger partial charge in [-0.3, -0.25) is 0 Å². The van der Waals surface area contributed by atoms with Crippen LogP contribution in [-0.2, 0) is 0 Å². The highest BCUT2D eigenvalue weighted by Gasteiger charge is 2.43. The van der Waals surface area contributed by atoms with Gasteiger partial charge in [-0.1, -0.05) is 34.6 Å². The number of nitrogens with zero attached hydrogens (tertiary/aromatic N) is 2. The molecule has 0 atom stereocenters. The van der Waals surface area contributed by atoms with E-state index in [0.29, 0.717) is 0 Å². The van der Waals surface area contributed by atoms with Crippen molar-refractivity contribution in [3.8, 4) is 0 Å². The van der Waals surface area contributed by atoms with Crippen LogP contribution in [0.4, 0.5) is 0 Å². The van der Waals surface area contributed by atoms with Crippen LogP contribution in [0.25, 0.3) is 0 Å². The van der Waals surface area contributed by atoms with E-state index in [1.807, 2.05) is 13.8 Å². The third-order valence-corrected chi connectivity index (χ3v) is 4.74. The van der Waals surface area contributed by atoms with Gasteiger partial charge in [0.25, 0.3) is 0 Å². The Morgan fingerprint density at radius 3 is 2.05 bits per heavy atom. The Kier molecular flexibility index (Phi) is 7.38. The van der Waals surface area contributed by atoms with Crippen LogP contribution in [0.3, 0.4) is 0 Å². The first-order chi connectivity index (χ1) is 9.13. The minimum atomic E-state index is 0.726. The van der Waals surface area contributed by atoms with Crippen LogP contribution in [-0.4, -0.2) is 49.1 Å². The second kappa shape index (κ2) is 8.26. The highest BCUT2D eigenvalue weighted by atomic mass is 15.2. The summed E-state index contributed by atoms with van der Waals surface area (Å²) in [5, 5.41) is 0. The lowest BCUT2D eigenvalue weighted by molar-refractivity contribution is -0.0461. The molecular formula is C17H36N2. The van der Waals surface area contributed by atoms with Gasteiger partial charge >= 0.3 is 0 Å². The Bertz CT molecular complexity index is 221. The Balaban J connectivity index is 0.000000861. The minimum Gasteiger partial charge on any atom is -0.304 e. The molecule has 114 valence electrons. The Morgan fingerprint density at radius 2 is 1.58 bits per heavy atom. The summed E-state index contributed by atoms with van der Waals surface area (Å²) in [4.78, 5) is 5.29. The second-order valence-corrected chi connectivity index (χ2v) is 6.68. The number of piperidine rings is 1. The van der Waals surface area contributed by atoms with Gasteiger partial charge in [-0.2, -0.15) is 0 Å². The standard InChI is InChI=1S/C15H30N2.C2H6/c1-4-16-10-7-15(8-11-16)12-17(13-15)9-5-6-14(2)3;1-2/h14H,4-13H2,1-3H3;1-2H3. The topological polar surface area (TPSA) is 6.48 Å². The third-order valence-electron chi connectivity index (χ3n) is 4.74. The predicted molar refractivity (Wildman–Crippen MR) is 85.6 cm³/mol. The molecule has 0 aromatic rings. The first kappa shape index (κ1) is 17.0. The molecule has 0 unspecified atom stereocenters. The number of hydrogen-bond donors (Lipinski definition) is 0. The lowest BCUT2D eigenvalue weighted by Gasteiger charge is -2.54. The van der Waals surface area contributed by atoms with Crippen molar-refractivity contribution in [2.24, 2.45) is 11.3 Å². The summed E-state index contributed by atoms with van der Waals surface area (Å²) in [6, 6.07) is 0.